The first-order valence-corrected chi connectivity index (χ1v) is 10.3. The average molecular weight is 344 g/mol. The molecule has 2 aliphatic rings. The van der Waals surface area contributed by atoms with Gasteiger partial charge in [0.25, 0.3) is 0 Å². The maximum atomic E-state index is 12.9. The molecule has 138 valence electrons. The van der Waals surface area contributed by atoms with E-state index in [9.17, 15) is 4.79 Å². The van der Waals surface area contributed by atoms with Crippen molar-refractivity contribution in [1.82, 2.24) is 4.90 Å². The molecule has 25 heavy (non-hydrogen) atoms. The van der Waals surface area contributed by atoms with Gasteiger partial charge in [-0.05, 0) is 50.3 Å². The summed E-state index contributed by atoms with van der Waals surface area (Å²) in [6.07, 6.45) is 11.3. The first-order valence-electron chi connectivity index (χ1n) is 10.3. The van der Waals surface area contributed by atoms with E-state index in [4.69, 9.17) is 4.74 Å². The third-order valence-corrected chi connectivity index (χ3v) is 5.88. The largest absolute Gasteiger partial charge is 0.464 e. The highest BCUT2D eigenvalue weighted by Crippen LogP contribution is 2.36. The zero-order valence-electron chi connectivity index (χ0n) is 15.5. The molecular formula is C22H33NO2. The number of hydrogen-bond donors (Lipinski definition) is 0. The fourth-order valence-corrected chi connectivity index (χ4v) is 4.45. The van der Waals surface area contributed by atoms with Crippen molar-refractivity contribution in [2.24, 2.45) is 5.92 Å². The second-order valence-electron chi connectivity index (χ2n) is 7.71. The van der Waals surface area contributed by atoms with E-state index in [1.807, 2.05) is 18.2 Å². The molecule has 3 nitrogen and oxygen atoms in total. The maximum absolute atomic E-state index is 12.9. The molecule has 3 rings (SSSR count). The van der Waals surface area contributed by atoms with Crippen molar-refractivity contribution in [2.45, 2.75) is 63.7 Å². The Labute approximate surface area is 152 Å². The van der Waals surface area contributed by atoms with Crippen LogP contribution in [0, 0.1) is 5.92 Å². The van der Waals surface area contributed by atoms with Crippen LogP contribution in [0.3, 0.4) is 0 Å². The Bertz CT molecular complexity index is 502. The number of carbonyl (C=O) groups excluding carboxylic acids is 1. The van der Waals surface area contributed by atoms with E-state index in [1.54, 1.807) is 0 Å². The third kappa shape index (κ3) is 5.57. The molecule has 3 heteroatoms. The van der Waals surface area contributed by atoms with Gasteiger partial charge in [0.15, 0.2) is 0 Å². The number of esters is 1. The minimum absolute atomic E-state index is 0.00655. The lowest BCUT2D eigenvalue weighted by Gasteiger charge is -2.29. The van der Waals surface area contributed by atoms with Crippen molar-refractivity contribution in [2.75, 3.05) is 26.2 Å². The Balaban J connectivity index is 1.56. The topological polar surface area (TPSA) is 29.5 Å². The zero-order valence-corrected chi connectivity index (χ0v) is 15.5. The SMILES string of the molecule is O=C(OCCN1CCCCCC1)C(c1ccccc1)C1CCCCC1. The van der Waals surface area contributed by atoms with Crippen LogP contribution in [0.2, 0.25) is 0 Å². The molecule has 1 saturated heterocycles. The van der Waals surface area contributed by atoms with Gasteiger partial charge in [0.2, 0.25) is 0 Å². The molecule has 0 radical (unpaired) electrons. The minimum atomic E-state index is -0.0781. The summed E-state index contributed by atoms with van der Waals surface area (Å²) >= 11 is 0. The Kier molecular flexibility index (Phi) is 7.35. The molecule has 2 fully saturated rings. The molecule has 0 amide bonds. The lowest BCUT2D eigenvalue weighted by molar-refractivity contribution is -0.147. The van der Waals surface area contributed by atoms with Crippen LogP contribution in [-0.4, -0.2) is 37.1 Å². The van der Waals surface area contributed by atoms with E-state index in [0.717, 1.165) is 38.0 Å². The normalized spacial score (nSPS) is 21.4. The molecular weight excluding hydrogens is 310 g/mol. The van der Waals surface area contributed by atoms with Crippen LogP contribution in [0.1, 0.15) is 69.3 Å². The van der Waals surface area contributed by atoms with Gasteiger partial charge in [-0.3, -0.25) is 9.69 Å². The predicted octanol–water partition coefficient (Wildman–Crippen LogP) is 4.77. The van der Waals surface area contributed by atoms with Crippen molar-refractivity contribution in [3.8, 4) is 0 Å². The number of benzene rings is 1. The average Bonchev–Trinajstić information content (AvgIpc) is 2.93. The van der Waals surface area contributed by atoms with Crippen LogP contribution in [0.5, 0.6) is 0 Å². The van der Waals surface area contributed by atoms with Crippen LogP contribution in [0.25, 0.3) is 0 Å². The molecule has 0 spiro atoms. The second kappa shape index (κ2) is 9.96. The van der Waals surface area contributed by atoms with Gasteiger partial charge < -0.3 is 4.74 Å². The van der Waals surface area contributed by atoms with Gasteiger partial charge in [0, 0.05) is 6.54 Å². The number of hydrogen-bond acceptors (Lipinski definition) is 3. The molecule has 1 heterocycles. The smallest absolute Gasteiger partial charge is 0.313 e. The summed E-state index contributed by atoms with van der Waals surface area (Å²) in [5, 5.41) is 0. The Morgan fingerprint density at radius 3 is 2.28 bits per heavy atom. The summed E-state index contributed by atoms with van der Waals surface area (Å²) in [5.74, 6) is 0.361. The summed E-state index contributed by atoms with van der Waals surface area (Å²) in [7, 11) is 0. The van der Waals surface area contributed by atoms with Crippen molar-refractivity contribution in [3.05, 3.63) is 35.9 Å². The predicted molar refractivity (Wildman–Crippen MR) is 102 cm³/mol. The summed E-state index contributed by atoms with van der Waals surface area (Å²) in [6, 6.07) is 10.3. The van der Waals surface area contributed by atoms with Gasteiger partial charge in [-0.1, -0.05) is 62.4 Å². The molecule has 1 aromatic carbocycles. The number of ether oxygens (including phenoxy) is 1. The molecule has 0 bridgehead atoms. The summed E-state index contributed by atoms with van der Waals surface area (Å²) < 4.78 is 5.77. The van der Waals surface area contributed by atoms with Crippen LogP contribution < -0.4 is 0 Å². The van der Waals surface area contributed by atoms with Crippen LogP contribution in [0.15, 0.2) is 30.3 Å². The number of rotatable bonds is 6. The number of nitrogens with zero attached hydrogens (tertiary/aromatic N) is 1. The molecule has 1 aliphatic heterocycles. The first kappa shape index (κ1) is 18.4. The van der Waals surface area contributed by atoms with Crippen molar-refractivity contribution < 1.29 is 9.53 Å². The zero-order chi connectivity index (χ0) is 17.3. The maximum Gasteiger partial charge on any atom is 0.313 e. The summed E-state index contributed by atoms with van der Waals surface area (Å²) in [4.78, 5) is 15.4. The minimum Gasteiger partial charge on any atom is -0.464 e. The lowest BCUT2D eigenvalue weighted by Crippen LogP contribution is -2.31. The summed E-state index contributed by atoms with van der Waals surface area (Å²) in [5.41, 5.74) is 1.13. The van der Waals surface area contributed by atoms with Gasteiger partial charge in [0.1, 0.15) is 6.61 Å². The van der Waals surface area contributed by atoms with Crippen molar-refractivity contribution >= 4 is 5.97 Å². The fraction of sp³-hybridized carbons (Fsp3) is 0.682. The highest BCUT2D eigenvalue weighted by Gasteiger charge is 2.32. The van der Waals surface area contributed by atoms with Gasteiger partial charge in [0.05, 0.1) is 5.92 Å². The molecule has 1 aliphatic carbocycles. The van der Waals surface area contributed by atoms with E-state index in [-0.39, 0.29) is 11.9 Å². The Morgan fingerprint density at radius 1 is 0.960 bits per heavy atom. The molecule has 1 atom stereocenters. The van der Waals surface area contributed by atoms with Gasteiger partial charge >= 0.3 is 5.97 Å². The third-order valence-electron chi connectivity index (χ3n) is 5.88. The molecule has 0 N–H and O–H groups in total. The van der Waals surface area contributed by atoms with E-state index in [1.165, 1.54) is 44.9 Å². The molecule has 1 aromatic rings. The number of likely N-dealkylation sites (tertiary alicyclic amines) is 1. The molecule has 0 aromatic heterocycles. The highest BCUT2D eigenvalue weighted by atomic mass is 16.5. The monoisotopic (exact) mass is 343 g/mol. The van der Waals surface area contributed by atoms with Gasteiger partial charge in [-0.15, -0.1) is 0 Å². The quantitative estimate of drug-likeness (QED) is 0.697. The van der Waals surface area contributed by atoms with Crippen molar-refractivity contribution in [1.29, 1.82) is 0 Å². The molecule has 1 saturated carbocycles. The highest BCUT2D eigenvalue weighted by molar-refractivity contribution is 5.78. The van der Waals surface area contributed by atoms with Crippen LogP contribution >= 0.6 is 0 Å². The van der Waals surface area contributed by atoms with Crippen LogP contribution in [-0.2, 0) is 9.53 Å². The first-order chi connectivity index (χ1) is 12.3. The second-order valence-corrected chi connectivity index (χ2v) is 7.71. The standard InChI is InChI=1S/C22H33NO2/c24-22(25-18-17-23-15-9-1-2-10-16-23)21(19-11-5-3-6-12-19)20-13-7-4-8-14-20/h3,5-6,11-12,20-21H,1-2,4,7-10,13-18H2. The lowest BCUT2D eigenvalue weighted by atomic mass is 9.77. The van der Waals surface area contributed by atoms with E-state index < -0.39 is 0 Å². The summed E-state index contributed by atoms with van der Waals surface area (Å²) in [6.45, 7) is 3.73. The van der Waals surface area contributed by atoms with Gasteiger partial charge in [-0.2, -0.15) is 0 Å². The Hall–Kier alpha value is -1.35. The van der Waals surface area contributed by atoms with E-state index in [0.29, 0.717) is 12.5 Å². The molecule has 1 unspecified atom stereocenters. The van der Waals surface area contributed by atoms with Gasteiger partial charge in [-0.25, -0.2) is 0 Å². The Morgan fingerprint density at radius 2 is 1.60 bits per heavy atom. The van der Waals surface area contributed by atoms with Crippen LogP contribution in [0.4, 0.5) is 0 Å². The number of carbonyl (C=O) groups is 1. The van der Waals surface area contributed by atoms with Crippen molar-refractivity contribution in [3.63, 3.8) is 0 Å². The van der Waals surface area contributed by atoms with E-state index >= 15 is 0 Å². The fourth-order valence-electron chi connectivity index (χ4n) is 4.45. The van der Waals surface area contributed by atoms with E-state index in [2.05, 4.69) is 17.0 Å².